The molecule has 0 bridgehead atoms. The average Bonchev–Trinajstić information content (AvgIpc) is 2.68. The van der Waals surface area contributed by atoms with E-state index in [1.165, 1.54) is 30.5 Å². The van der Waals surface area contributed by atoms with Gasteiger partial charge in [0.05, 0.1) is 16.4 Å². The molecule has 4 nitrogen and oxygen atoms in total. The zero-order valence-corrected chi connectivity index (χ0v) is 15.3. The number of carbonyl (C=O) groups excluding carboxylic acids is 1. The zero-order valence-electron chi connectivity index (χ0n) is 14.5. The predicted octanol–water partition coefficient (Wildman–Crippen LogP) is 5.39. The van der Waals surface area contributed by atoms with E-state index in [-0.39, 0.29) is 28.8 Å². The van der Waals surface area contributed by atoms with E-state index in [4.69, 9.17) is 16.3 Å². The second-order valence-corrected chi connectivity index (χ2v) is 6.12. The van der Waals surface area contributed by atoms with Crippen molar-refractivity contribution >= 4 is 35.1 Å². The van der Waals surface area contributed by atoms with Crippen molar-refractivity contribution in [3.8, 4) is 5.75 Å². The molecule has 0 atom stereocenters. The molecule has 0 saturated carbocycles. The van der Waals surface area contributed by atoms with Gasteiger partial charge in [0.2, 0.25) is 0 Å². The normalized spacial score (nSPS) is 10.8. The summed E-state index contributed by atoms with van der Waals surface area (Å²) in [6, 6.07) is 16.8. The van der Waals surface area contributed by atoms with E-state index in [1.807, 2.05) is 0 Å². The summed E-state index contributed by atoms with van der Waals surface area (Å²) in [4.78, 5) is 16.0. The van der Waals surface area contributed by atoms with Gasteiger partial charge in [0, 0.05) is 6.21 Å². The van der Waals surface area contributed by atoms with Crippen LogP contribution in [0.15, 0.2) is 71.7 Å². The van der Waals surface area contributed by atoms with Crippen molar-refractivity contribution in [3.63, 3.8) is 0 Å². The van der Waals surface area contributed by atoms with Gasteiger partial charge in [-0.3, -0.25) is 9.79 Å². The summed E-state index contributed by atoms with van der Waals surface area (Å²) >= 11 is 6.16. The number of ether oxygens (including phenoxy) is 1. The maximum atomic E-state index is 13.6. The maximum absolute atomic E-state index is 13.6. The molecule has 3 aromatic rings. The Labute approximate surface area is 165 Å². The van der Waals surface area contributed by atoms with Crippen LogP contribution in [0.1, 0.15) is 5.56 Å². The van der Waals surface area contributed by atoms with Crippen LogP contribution in [-0.4, -0.2) is 18.7 Å². The molecular weight excluding hydrogens is 386 g/mol. The van der Waals surface area contributed by atoms with Crippen LogP contribution in [0.3, 0.4) is 0 Å². The average molecular weight is 401 g/mol. The Hall–Kier alpha value is -3.25. The Kier molecular flexibility index (Phi) is 6.34. The summed E-state index contributed by atoms with van der Waals surface area (Å²) in [5.41, 5.74) is 0.919. The van der Waals surface area contributed by atoms with Crippen molar-refractivity contribution in [2.75, 3.05) is 11.9 Å². The number of carbonyl (C=O) groups is 1. The smallest absolute Gasteiger partial charge is 0.262 e. The van der Waals surface area contributed by atoms with Crippen LogP contribution in [0.2, 0.25) is 5.02 Å². The fraction of sp³-hybridized carbons (Fsp3) is 0.0476. The molecule has 3 aromatic carbocycles. The maximum Gasteiger partial charge on any atom is 0.262 e. The number of amides is 1. The van der Waals surface area contributed by atoms with Gasteiger partial charge in [0.15, 0.2) is 6.61 Å². The molecule has 0 aromatic heterocycles. The summed E-state index contributed by atoms with van der Waals surface area (Å²) in [7, 11) is 0. The Bertz CT molecular complexity index is 1020. The number of rotatable bonds is 6. The Balaban J connectivity index is 1.60. The van der Waals surface area contributed by atoms with Crippen molar-refractivity contribution in [2.24, 2.45) is 4.99 Å². The van der Waals surface area contributed by atoms with Gasteiger partial charge >= 0.3 is 0 Å². The van der Waals surface area contributed by atoms with Crippen LogP contribution < -0.4 is 10.1 Å². The minimum Gasteiger partial charge on any atom is -0.482 e. The van der Waals surface area contributed by atoms with Gasteiger partial charge in [-0.05, 0) is 48.0 Å². The first-order valence-corrected chi connectivity index (χ1v) is 8.66. The lowest BCUT2D eigenvalue weighted by atomic mass is 10.2. The monoisotopic (exact) mass is 400 g/mol. The van der Waals surface area contributed by atoms with Gasteiger partial charge in [-0.1, -0.05) is 35.9 Å². The molecule has 0 heterocycles. The molecule has 7 heteroatoms. The topological polar surface area (TPSA) is 50.7 Å². The van der Waals surface area contributed by atoms with Crippen molar-refractivity contribution in [2.45, 2.75) is 0 Å². The summed E-state index contributed by atoms with van der Waals surface area (Å²) in [6.45, 7) is -0.337. The van der Waals surface area contributed by atoms with Gasteiger partial charge in [-0.25, -0.2) is 8.78 Å². The molecule has 0 spiro atoms. The summed E-state index contributed by atoms with van der Waals surface area (Å²) in [6.07, 6.45) is 1.47. The molecule has 0 radical (unpaired) electrons. The summed E-state index contributed by atoms with van der Waals surface area (Å²) in [5.74, 6) is -1.20. The lowest BCUT2D eigenvalue weighted by molar-refractivity contribution is -0.118. The second-order valence-electron chi connectivity index (χ2n) is 5.72. The van der Waals surface area contributed by atoms with Crippen LogP contribution in [-0.2, 0) is 4.79 Å². The van der Waals surface area contributed by atoms with E-state index < -0.39 is 17.5 Å². The number of anilines is 1. The number of aliphatic imine (C=N–C) groups is 1. The third kappa shape index (κ3) is 5.14. The van der Waals surface area contributed by atoms with Crippen molar-refractivity contribution in [3.05, 3.63) is 89.0 Å². The zero-order chi connectivity index (χ0) is 19.9. The second kappa shape index (κ2) is 9.10. The molecule has 0 aliphatic heterocycles. The van der Waals surface area contributed by atoms with Crippen molar-refractivity contribution < 1.29 is 18.3 Å². The molecule has 142 valence electrons. The molecule has 28 heavy (non-hydrogen) atoms. The van der Waals surface area contributed by atoms with Crippen molar-refractivity contribution in [1.29, 1.82) is 0 Å². The number of nitrogens with one attached hydrogen (secondary N) is 1. The van der Waals surface area contributed by atoms with E-state index in [2.05, 4.69) is 10.3 Å². The third-order valence-corrected chi connectivity index (χ3v) is 3.96. The van der Waals surface area contributed by atoms with Crippen molar-refractivity contribution in [1.82, 2.24) is 0 Å². The number of nitrogens with zero attached hydrogens (tertiary/aromatic N) is 1. The first-order chi connectivity index (χ1) is 13.5. The molecule has 0 aliphatic carbocycles. The highest BCUT2D eigenvalue weighted by atomic mass is 35.5. The Morgan fingerprint density at radius 2 is 1.75 bits per heavy atom. The fourth-order valence-corrected chi connectivity index (χ4v) is 2.55. The highest BCUT2D eigenvalue weighted by molar-refractivity contribution is 6.32. The molecule has 0 saturated heterocycles. The number of benzene rings is 3. The molecule has 3 rings (SSSR count). The summed E-state index contributed by atoms with van der Waals surface area (Å²) in [5, 5.41) is 2.68. The molecule has 1 N–H and O–H groups in total. The van der Waals surface area contributed by atoms with E-state index >= 15 is 0 Å². The molecule has 0 unspecified atom stereocenters. The fourth-order valence-electron chi connectivity index (χ4n) is 2.31. The van der Waals surface area contributed by atoms with Gasteiger partial charge in [0.1, 0.15) is 17.4 Å². The minimum atomic E-state index is -0.535. The van der Waals surface area contributed by atoms with Crippen LogP contribution in [0.25, 0.3) is 0 Å². The lowest BCUT2D eigenvalue weighted by Crippen LogP contribution is -2.20. The Morgan fingerprint density at radius 3 is 2.46 bits per heavy atom. The van der Waals surface area contributed by atoms with Gasteiger partial charge in [0.25, 0.3) is 5.91 Å². The van der Waals surface area contributed by atoms with E-state index in [0.717, 1.165) is 0 Å². The van der Waals surface area contributed by atoms with E-state index in [9.17, 15) is 13.6 Å². The van der Waals surface area contributed by atoms with Crippen LogP contribution >= 0.6 is 11.6 Å². The summed E-state index contributed by atoms with van der Waals surface area (Å²) < 4.78 is 32.5. The highest BCUT2D eigenvalue weighted by Gasteiger charge is 2.09. The molecule has 1 amide bonds. The Morgan fingerprint density at radius 1 is 1.04 bits per heavy atom. The van der Waals surface area contributed by atoms with Gasteiger partial charge < -0.3 is 10.1 Å². The highest BCUT2D eigenvalue weighted by Crippen LogP contribution is 2.25. The largest absolute Gasteiger partial charge is 0.482 e. The lowest BCUT2D eigenvalue weighted by Gasteiger charge is -2.09. The van der Waals surface area contributed by atoms with Crippen LogP contribution in [0.5, 0.6) is 5.75 Å². The number of hydrogen-bond donors (Lipinski definition) is 1. The first-order valence-electron chi connectivity index (χ1n) is 8.28. The molecule has 0 aliphatic rings. The van der Waals surface area contributed by atoms with Crippen LogP contribution in [0, 0.1) is 11.6 Å². The quantitative estimate of drug-likeness (QED) is 0.564. The van der Waals surface area contributed by atoms with Crippen LogP contribution in [0.4, 0.5) is 20.2 Å². The number of para-hydroxylation sites is 2. The number of hydrogen-bond acceptors (Lipinski definition) is 3. The number of halogens is 3. The van der Waals surface area contributed by atoms with E-state index in [0.29, 0.717) is 5.56 Å². The SMILES string of the molecule is O=C(COc1ccc(C=Nc2ccccc2F)cc1Cl)Nc1ccccc1F. The van der Waals surface area contributed by atoms with Gasteiger partial charge in [-0.15, -0.1) is 0 Å². The predicted molar refractivity (Wildman–Crippen MR) is 106 cm³/mol. The third-order valence-electron chi connectivity index (χ3n) is 3.67. The van der Waals surface area contributed by atoms with E-state index in [1.54, 1.807) is 42.5 Å². The molecule has 0 fully saturated rings. The minimum absolute atomic E-state index is 0.0712. The molecular formula is C21H15ClF2N2O2. The first kappa shape index (κ1) is 19.5. The van der Waals surface area contributed by atoms with Gasteiger partial charge in [-0.2, -0.15) is 0 Å². The standard InChI is InChI=1S/C21H15ClF2N2O2/c22-15-11-14(12-25-18-7-3-1-5-16(18)23)9-10-20(15)28-13-21(27)26-19-8-4-2-6-17(19)24/h1-12H,13H2,(H,26,27).